The second-order valence-corrected chi connectivity index (χ2v) is 10.7. The summed E-state index contributed by atoms with van der Waals surface area (Å²) in [4.78, 5) is 0. The van der Waals surface area contributed by atoms with E-state index in [1.807, 2.05) is 121 Å². The van der Waals surface area contributed by atoms with Crippen LogP contribution >= 0.6 is 0 Å². The number of hydrogen-bond donors (Lipinski definition) is 0. The van der Waals surface area contributed by atoms with E-state index >= 15 is 0 Å². The molecule has 0 aliphatic carbocycles. The molecule has 0 atom stereocenters. The fourth-order valence-corrected chi connectivity index (χ4v) is 4.70. The van der Waals surface area contributed by atoms with Gasteiger partial charge in [-0.3, -0.25) is 0 Å². The molecular formula is C40H34O4. The minimum Gasteiger partial charge on any atom is -0.457 e. The lowest BCUT2D eigenvalue weighted by Crippen LogP contribution is -1.93. The molecule has 218 valence electrons. The molecular weight excluding hydrogens is 544 g/mol. The van der Waals surface area contributed by atoms with Crippen LogP contribution < -0.4 is 18.9 Å². The van der Waals surface area contributed by atoms with Crippen molar-refractivity contribution in [3.8, 4) is 46.0 Å². The maximum absolute atomic E-state index is 6.18. The van der Waals surface area contributed by atoms with E-state index in [0.29, 0.717) is 11.5 Å². The van der Waals surface area contributed by atoms with Gasteiger partial charge < -0.3 is 18.9 Å². The van der Waals surface area contributed by atoms with Crippen LogP contribution in [0, 0.1) is 13.8 Å². The van der Waals surface area contributed by atoms with Crippen molar-refractivity contribution < 1.29 is 18.9 Å². The largest absolute Gasteiger partial charge is 0.457 e. The van der Waals surface area contributed by atoms with Crippen LogP contribution in [0.3, 0.4) is 0 Å². The summed E-state index contributed by atoms with van der Waals surface area (Å²) in [7, 11) is 0. The number of para-hydroxylation sites is 2. The monoisotopic (exact) mass is 578 g/mol. The first-order valence-corrected chi connectivity index (χ1v) is 14.8. The highest BCUT2D eigenvalue weighted by molar-refractivity contribution is 5.46. The molecule has 0 aliphatic heterocycles. The third-order valence-electron chi connectivity index (χ3n) is 7.17. The molecule has 0 aliphatic rings. The molecule has 44 heavy (non-hydrogen) atoms. The number of ether oxygens (including phenoxy) is 4. The van der Waals surface area contributed by atoms with Crippen molar-refractivity contribution >= 4 is 0 Å². The van der Waals surface area contributed by atoms with E-state index in [1.165, 1.54) is 22.3 Å². The van der Waals surface area contributed by atoms with Gasteiger partial charge in [-0.2, -0.15) is 0 Å². The molecule has 0 amide bonds. The first kappa shape index (κ1) is 28.6. The summed E-state index contributed by atoms with van der Waals surface area (Å²) in [6.07, 6.45) is 1.85. The Morgan fingerprint density at radius 1 is 0.341 bits per heavy atom. The van der Waals surface area contributed by atoms with E-state index < -0.39 is 0 Å². The van der Waals surface area contributed by atoms with Gasteiger partial charge in [0.15, 0.2) is 11.5 Å². The Kier molecular flexibility index (Phi) is 8.89. The molecule has 0 saturated carbocycles. The van der Waals surface area contributed by atoms with Crippen molar-refractivity contribution in [1.82, 2.24) is 0 Å². The van der Waals surface area contributed by atoms with E-state index in [4.69, 9.17) is 18.9 Å². The zero-order chi connectivity index (χ0) is 30.1. The molecule has 0 N–H and O–H groups in total. The topological polar surface area (TPSA) is 36.9 Å². The highest BCUT2D eigenvalue weighted by Crippen LogP contribution is 2.35. The van der Waals surface area contributed by atoms with Crippen LogP contribution in [0.25, 0.3) is 0 Å². The van der Waals surface area contributed by atoms with Crippen LogP contribution in [0.5, 0.6) is 46.0 Å². The van der Waals surface area contributed by atoms with Crippen LogP contribution in [0.15, 0.2) is 146 Å². The van der Waals surface area contributed by atoms with Crippen LogP contribution in [0.4, 0.5) is 0 Å². The standard InChI is InChI=1S/C40H34O4/c1-29-10-20-33(21-11-29)41-37-6-5-7-38(28-37)42-34-24-16-31(17-25-34)14-15-32-18-26-36(27-19-32)44-40-9-4-3-8-39(40)43-35-22-12-30(2)13-23-35/h3-13,16-28H,14-15H2,1-2H3. The summed E-state index contributed by atoms with van der Waals surface area (Å²) in [5.74, 6) is 5.95. The van der Waals surface area contributed by atoms with Gasteiger partial charge in [0.2, 0.25) is 0 Å². The number of rotatable bonds is 11. The molecule has 6 rings (SSSR count). The third-order valence-corrected chi connectivity index (χ3v) is 7.17. The molecule has 4 heteroatoms. The Morgan fingerprint density at radius 3 is 1.11 bits per heavy atom. The van der Waals surface area contributed by atoms with Crippen LogP contribution in [0.1, 0.15) is 22.3 Å². The van der Waals surface area contributed by atoms with Crippen molar-refractivity contribution in [2.45, 2.75) is 26.7 Å². The van der Waals surface area contributed by atoms with E-state index in [9.17, 15) is 0 Å². The van der Waals surface area contributed by atoms with E-state index in [2.05, 4.69) is 38.1 Å². The summed E-state index contributed by atoms with van der Waals surface area (Å²) in [5.41, 5.74) is 4.88. The predicted octanol–water partition coefficient (Wildman–Crippen LogP) is 11.3. The van der Waals surface area contributed by atoms with Crippen LogP contribution in [-0.4, -0.2) is 0 Å². The van der Waals surface area contributed by atoms with Gasteiger partial charge in [-0.1, -0.05) is 77.9 Å². The summed E-state index contributed by atoms with van der Waals surface area (Å²) < 4.78 is 24.3. The van der Waals surface area contributed by atoms with Gasteiger partial charge >= 0.3 is 0 Å². The van der Waals surface area contributed by atoms with E-state index in [0.717, 1.165) is 47.3 Å². The predicted molar refractivity (Wildman–Crippen MR) is 176 cm³/mol. The minimum absolute atomic E-state index is 0.675. The highest BCUT2D eigenvalue weighted by atomic mass is 16.5. The van der Waals surface area contributed by atoms with Gasteiger partial charge in [-0.05, 0) is 111 Å². The first-order valence-electron chi connectivity index (χ1n) is 14.8. The smallest absolute Gasteiger partial charge is 0.169 e. The second-order valence-electron chi connectivity index (χ2n) is 10.7. The van der Waals surface area contributed by atoms with Gasteiger partial charge in [0, 0.05) is 6.07 Å². The van der Waals surface area contributed by atoms with Crippen LogP contribution in [0.2, 0.25) is 0 Å². The lowest BCUT2D eigenvalue weighted by Gasteiger charge is -2.13. The zero-order valence-electron chi connectivity index (χ0n) is 24.9. The molecule has 6 aromatic carbocycles. The molecule has 6 aromatic rings. The van der Waals surface area contributed by atoms with Crippen molar-refractivity contribution in [2.24, 2.45) is 0 Å². The quantitative estimate of drug-likeness (QED) is 0.153. The lowest BCUT2D eigenvalue weighted by atomic mass is 10.0. The van der Waals surface area contributed by atoms with E-state index in [-0.39, 0.29) is 0 Å². The minimum atomic E-state index is 0.675. The normalized spacial score (nSPS) is 10.7. The van der Waals surface area contributed by atoms with Crippen molar-refractivity contribution in [3.05, 3.63) is 168 Å². The Hall–Kier alpha value is -5.48. The molecule has 0 unspecified atom stereocenters. The summed E-state index contributed by atoms with van der Waals surface area (Å²) in [5, 5.41) is 0. The molecule has 0 fully saturated rings. The molecule has 0 heterocycles. The van der Waals surface area contributed by atoms with Crippen LogP contribution in [-0.2, 0) is 12.8 Å². The van der Waals surface area contributed by atoms with Crippen molar-refractivity contribution in [3.63, 3.8) is 0 Å². The van der Waals surface area contributed by atoms with Gasteiger partial charge in [0.25, 0.3) is 0 Å². The Morgan fingerprint density at radius 2 is 0.705 bits per heavy atom. The van der Waals surface area contributed by atoms with Gasteiger partial charge in [-0.15, -0.1) is 0 Å². The fourth-order valence-electron chi connectivity index (χ4n) is 4.70. The van der Waals surface area contributed by atoms with Gasteiger partial charge in [0.1, 0.15) is 34.5 Å². The Balaban J connectivity index is 1.01. The Bertz CT molecular complexity index is 1790. The number of hydrogen-bond acceptors (Lipinski definition) is 4. The first-order chi connectivity index (χ1) is 21.6. The molecule has 0 radical (unpaired) electrons. The molecule has 0 spiro atoms. The maximum Gasteiger partial charge on any atom is 0.169 e. The van der Waals surface area contributed by atoms with E-state index in [1.54, 1.807) is 0 Å². The Labute approximate surface area is 259 Å². The summed E-state index contributed by atoms with van der Waals surface area (Å²) >= 11 is 0. The average molecular weight is 579 g/mol. The SMILES string of the molecule is Cc1ccc(Oc2cccc(Oc3ccc(CCc4ccc(Oc5ccccc5Oc5ccc(C)cc5)cc4)cc3)c2)cc1. The fraction of sp³-hybridized carbons (Fsp3) is 0.100. The average Bonchev–Trinajstić information content (AvgIpc) is 3.05. The molecule has 0 aromatic heterocycles. The maximum atomic E-state index is 6.18. The van der Waals surface area contributed by atoms with Crippen molar-refractivity contribution in [1.29, 1.82) is 0 Å². The molecule has 0 bridgehead atoms. The second kappa shape index (κ2) is 13.7. The lowest BCUT2D eigenvalue weighted by molar-refractivity contribution is 0.418. The molecule has 0 saturated heterocycles. The third kappa shape index (κ3) is 7.87. The highest BCUT2D eigenvalue weighted by Gasteiger charge is 2.08. The zero-order valence-corrected chi connectivity index (χ0v) is 24.9. The van der Waals surface area contributed by atoms with Crippen molar-refractivity contribution in [2.75, 3.05) is 0 Å². The number of benzene rings is 6. The summed E-state index contributed by atoms with van der Waals surface area (Å²) in [6.45, 7) is 4.11. The number of aryl methyl sites for hydroxylation is 4. The van der Waals surface area contributed by atoms with Gasteiger partial charge in [0.05, 0.1) is 0 Å². The molecule has 4 nitrogen and oxygen atoms in total. The van der Waals surface area contributed by atoms with Gasteiger partial charge in [-0.25, -0.2) is 0 Å². The summed E-state index contributed by atoms with van der Waals surface area (Å²) in [6, 6.07) is 47.9.